The summed E-state index contributed by atoms with van der Waals surface area (Å²) >= 11 is 0. The highest BCUT2D eigenvalue weighted by molar-refractivity contribution is 5.82. The zero-order chi connectivity index (χ0) is 17.9. The summed E-state index contributed by atoms with van der Waals surface area (Å²) in [4.78, 5) is 35.1. The molecule has 6 heteroatoms. The van der Waals surface area contributed by atoms with Gasteiger partial charge in [0.15, 0.2) is 5.43 Å². The first kappa shape index (κ1) is 16.4. The van der Waals surface area contributed by atoms with E-state index in [1.54, 1.807) is 24.8 Å². The second kappa shape index (κ2) is 7.07. The first-order valence-electron chi connectivity index (χ1n) is 8.84. The molecule has 4 rings (SSSR count). The highest BCUT2D eigenvalue weighted by Crippen LogP contribution is 2.25. The van der Waals surface area contributed by atoms with Crippen LogP contribution in [0.2, 0.25) is 0 Å². The Morgan fingerprint density at radius 3 is 2.92 bits per heavy atom. The van der Waals surface area contributed by atoms with Crippen molar-refractivity contribution in [2.45, 2.75) is 25.3 Å². The highest BCUT2D eigenvalue weighted by Gasteiger charge is 2.25. The van der Waals surface area contributed by atoms with Crippen molar-refractivity contribution in [3.05, 3.63) is 71.0 Å². The number of rotatable bonds is 3. The summed E-state index contributed by atoms with van der Waals surface area (Å²) in [6.07, 6.45) is 7.00. The molecule has 26 heavy (non-hydrogen) atoms. The average molecular weight is 348 g/mol. The molecule has 1 aromatic carbocycles. The topological polar surface area (TPSA) is 68.1 Å². The molecule has 0 bridgehead atoms. The first-order chi connectivity index (χ1) is 12.7. The van der Waals surface area contributed by atoms with Gasteiger partial charge in [0, 0.05) is 48.5 Å². The fourth-order valence-corrected chi connectivity index (χ4v) is 3.63. The van der Waals surface area contributed by atoms with Gasteiger partial charge in [-0.15, -0.1) is 0 Å². The normalized spacial score (nSPS) is 17.4. The fraction of sp³-hybridized carbons (Fsp3) is 0.300. The SMILES string of the molecule is O=C(Cn1ccc(=O)c2ccccc21)N1CCC[C@H](c2ccncn2)C1. The van der Waals surface area contributed by atoms with Crippen LogP contribution in [0.25, 0.3) is 10.9 Å². The number of amides is 1. The van der Waals surface area contributed by atoms with Crippen LogP contribution in [0.5, 0.6) is 0 Å². The van der Waals surface area contributed by atoms with Gasteiger partial charge in [0.1, 0.15) is 12.9 Å². The molecular formula is C20H20N4O2. The maximum Gasteiger partial charge on any atom is 0.242 e. The summed E-state index contributed by atoms with van der Waals surface area (Å²) in [6, 6.07) is 10.8. The third-order valence-electron chi connectivity index (χ3n) is 4.99. The van der Waals surface area contributed by atoms with Crippen LogP contribution in [0.15, 0.2) is 59.9 Å². The second-order valence-electron chi connectivity index (χ2n) is 6.64. The van der Waals surface area contributed by atoms with Gasteiger partial charge in [0.25, 0.3) is 0 Å². The lowest BCUT2D eigenvalue weighted by Crippen LogP contribution is -2.41. The number of nitrogens with zero attached hydrogens (tertiary/aromatic N) is 4. The second-order valence-corrected chi connectivity index (χ2v) is 6.64. The standard InChI is InChI=1S/C20H20N4O2/c25-19-8-11-23(18-6-2-1-5-16(18)19)13-20(26)24-10-3-4-15(12-24)17-7-9-21-14-22-17/h1-2,5-9,11,14-15H,3-4,10,12-13H2/t15-/m0/s1. The largest absolute Gasteiger partial charge is 0.340 e. The van der Waals surface area contributed by atoms with Gasteiger partial charge >= 0.3 is 0 Å². The predicted octanol–water partition coefficient (Wildman–Crippen LogP) is 2.20. The minimum atomic E-state index is -0.0221. The van der Waals surface area contributed by atoms with Crippen LogP contribution in [-0.4, -0.2) is 38.4 Å². The van der Waals surface area contributed by atoms with Crippen LogP contribution in [-0.2, 0) is 11.3 Å². The van der Waals surface area contributed by atoms with E-state index in [2.05, 4.69) is 9.97 Å². The van der Waals surface area contributed by atoms with Crippen molar-refractivity contribution in [2.75, 3.05) is 13.1 Å². The molecule has 1 saturated heterocycles. The monoisotopic (exact) mass is 348 g/mol. The van der Waals surface area contributed by atoms with Crippen molar-refractivity contribution < 1.29 is 4.79 Å². The summed E-state index contributed by atoms with van der Waals surface area (Å²) in [5, 5.41) is 0.639. The predicted molar refractivity (Wildman–Crippen MR) is 98.8 cm³/mol. The Bertz CT molecular complexity index is 984. The summed E-state index contributed by atoms with van der Waals surface area (Å²) < 4.78 is 1.85. The van der Waals surface area contributed by atoms with Crippen molar-refractivity contribution >= 4 is 16.8 Å². The third kappa shape index (κ3) is 3.22. The van der Waals surface area contributed by atoms with E-state index in [1.165, 1.54) is 6.07 Å². The van der Waals surface area contributed by atoms with Crippen molar-refractivity contribution in [3.63, 3.8) is 0 Å². The molecule has 0 saturated carbocycles. The van der Waals surface area contributed by atoms with Crippen LogP contribution in [0.4, 0.5) is 0 Å². The molecule has 0 aliphatic carbocycles. The molecule has 0 unspecified atom stereocenters. The number of fused-ring (bicyclic) bond motifs is 1. The molecule has 0 radical (unpaired) electrons. The van der Waals surface area contributed by atoms with Crippen LogP contribution < -0.4 is 5.43 Å². The summed E-state index contributed by atoms with van der Waals surface area (Å²) in [5.41, 5.74) is 1.76. The molecule has 1 aliphatic rings. The van der Waals surface area contributed by atoms with Crippen molar-refractivity contribution in [1.82, 2.24) is 19.4 Å². The van der Waals surface area contributed by atoms with Gasteiger partial charge in [-0.3, -0.25) is 9.59 Å². The van der Waals surface area contributed by atoms with Crippen LogP contribution in [0, 0.1) is 0 Å². The number of hydrogen-bond acceptors (Lipinski definition) is 4. The van der Waals surface area contributed by atoms with Gasteiger partial charge in [-0.1, -0.05) is 12.1 Å². The Balaban J connectivity index is 1.53. The summed E-state index contributed by atoms with van der Waals surface area (Å²) in [5.74, 6) is 0.319. The Kier molecular flexibility index (Phi) is 4.48. The molecule has 1 amide bonds. The Labute approximate surface area is 151 Å². The number of aromatic nitrogens is 3. The van der Waals surface area contributed by atoms with E-state index in [9.17, 15) is 9.59 Å². The lowest BCUT2D eigenvalue weighted by molar-refractivity contribution is -0.133. The number of carbonyl (C=O) groups is 1. The quantitative estimate of drug-likeness (QED) is 0.728. The summed E-state index contributed by atoms with van der Waals surface area (Å²) in [7, 11) is 0. The molecule has 1 atom stereocenters. The molecule has 2 aromatic heterocycles. The van der Waals surface area contributed by atoms with E-state index in [1.807, 2.05) is 33.7 Å². The third-order valence-corrected chi connectivity index (χ3v) is 4.99. The molecule has 3 aromatic rings. The Morgan fingerprint density at radius 2 is 2.08 bits per heavy atom. The minimum absolute atomic E-state index is 0.0221. The van der Waals surface area contributed by atoms with Gasteiger partial charge in [-0.2, -0.15) is 0 Å². The molecule has 132 valence electrons. The number of hydrogen-bond donors (Lipinski definition) is 0. The molecule has 1 aliphatic heterocycles. The van der Waals surface area contributed by atoms with Gasteiger partial charge in [0.2, 0.25) is 5.91 Å². The van der Waals surface area contributed by atoms with E-state index >= 15 is 0 Å². The lowest BCUT2D eigenvalue weighted by atomic mass is 9.94. The van der Waals surface area contributed by atoms with Crippen molar-refractivity contribution in [1.29, 1.82) is 0 Å². The average Bonchev–Trinajstić information content (AvgIpc) is 2.71. The number of likely N-dealkylation sites (tertiary alicyclic amines) is 1. The zero-order valence-corrected chi connectivity index (χ0v) is 14.4. The zero-order valence-electron chi connectivity index (χ0n) is 14.4. The van der Waals surface area contributed by atoms with Crippen molar-refractivity contribution in [2.24, 2.45) is 0 Å². The number of benzene rings is 1. The van der Waals surface area contributed by atoms with E-state index < -0.39 is 0 Å². The highest BCUT2D eigenvalue weighted by atomic mass is 16.2. The maximum atomic E-state index is 12.9. The molecule has 0 N–H and O–H groups in total. The lowest BCUT2D eigenvalue weighted by Gasteiger charge is -2.32. The first-order valence-corrected chi connectivity index (χ1v) is 8.84. The van der Waals surface area contributed by atoms with E-state index in [4.69, 9.17) is 0 Å². The number of carbonyl (C=O) groups excluding carboxylic acids is 1. The minimum Gasteiger partial charge on any atom is -0.340 e. The smallest absolute Gasteiger partial charge is 0.242 e. The van der Waals surface area contributed by atoms with Crippen molar-refractivity contribution in [3.8, 4) is 0 Å². The molecule has 0 spiro atoms. The molecular weight excluding hydrogens is 328 g/mol. The van der Waals surface area contributed by atoms with Gasteiger partial charge in [0.05, 0.1) is 5.52 Å². The van der Waals surface area contributed by atoms with Crippen LogP contribution in [0.1, 0.15) is 24.5 Å². The van der Waals surface area contributed by atoms with Gasteiger partial charge < -0.3 is 9.47 Å². The van der Waals surface area contributed by atoms with Gasteiger partial charge in [-0.25, -0.2) is 9.97 Å². The maximum absolute atomic E-state index is 12.9. The van der Waals surface area contributed by atoms with E-state index in [-0.39, 0.29) is 23.8 Å². The van der Waals surface area contributed by atoms with Gasteiger partial charge in [-0.05, 0) is 31.0 Å². The van der Waals surface area contributed by atoms with Crippen LogP contribution in [0.3, 0.4) is 0 Å². The summed E-state index contributed by atoms with van der Waals surface area (Å²) in [6.45, 7) is 1.67. The number of pyridine rings is 1. The van der Waals surface area contributed by atoms with Crippen LogP contribution >= 0.6 is 0 Å². The Morgan fingerprint density at radius 1 is 1.19 bits per heavy atom. The molecule has 6 nitrogen and oxygen atoms in total. The molecule has 3 heterocycles. The Hall–Kier alpha value is -3.02. The fourth-order valence-electron chi connectivity index (χ4n) is 3.63. The number of para-hydroxylation sites is 1. The van der Waals surface area contributed by atoms with E-state index in [0.29, 0.717) is 11.9 Å². The number of piperidine rings is 1. The molecule has 1 fully saturated rings. The van der Waals surface area contributed by atoms with E-state index in [0.717, 1.165) is 30.6 Å².